The minimum absolute atomic E-state index is 0.419. The number of nitrogens with zero attached hydrogens (tertiary/aromatic N) is 2. The third-order valence-electron chi connectivity index (χ3n) is 2.33. The van der Waals surface area contributed by atoms with E-state index >= 15 is 0 Å². The Labute approximate surface area is 109 Å². The average Bonchev–Trinajstić information content (AvgIpc) is 2.51. The fraction of sp³-hybridized carbons (Fsp3) is 0.364. The van der Waals surface area contributed by atoms with Gasteiger partial charge in [0.2, 0.25) is 5.91 Å². The average molecular weight is 272 g/mol. The molecule has 1 heterocycles. The van der Waals surface area contributed by atoms with Gasteiger partial charge in [0, 0.05) is 18.7 Å². The fourth-order valence-corrected chi connectivity index (χ4v) is 1.56. The zero-order chi connectivity index (χ0) is 13.9. The first-order chi connectivity index (χ1) is 8.32. The van der Waals surface area contributed by atoms with Crippen molar-refractivity contribution in [2.24, 2.45) is 7.05 Å². The molecule has 0 aliphatic carbocycles. The Morgan fingerprint density at radius 1 is 1.56 bits per heavy atom. The van der Waals surface area contributed by atoms with Crippen molar-refractivity contribution in [1.29, 1.82) is 0 Å². The van der Waals surface area contributed by atoms with Crippen molar-refractivity contribution in [2.75, 3.05) is 0 Å². The van der Waals surface area contributed by atoms with E-state index in [1.54, 1.807) is 14.0 Å². The maximum atomic E-state index is 11.4. The van der Waals surface area contributed by atoms with Gasteiger partial charge in [-0.15, -0.1) is 0 Å². The van der Waals surface area contributed by atoms with Gasteiger partial charge in [0.05, 0.1) is 5.69 Å². The van der Waals surface area contributed by atoms with Gasteiger partial charge >= 0.3 is 5.97 Å². The molecule has 18 heavy (non-hydrogen) atoms. The standard InChI is InChI=1S/C11H14ClN3O3/c1-6-8(10(12)15(3)14-6)4-5-9(16)13-7(2)11(17)18/h4-5,7H,1-3H3,(H,13,16)(H,17,18)/b5-4+/t7-/m0/s1. The highest BCUT2D eigenvalue weighted by Gasteiger charge is 2.12. The molecule has 0 aliphatic rings. The maximum Gasteiger partial charge on any atom is 0.325 e. The molecule has 7 heteroatoms. The highest BCUT2D eigenvalue weighted by atomic mass is 35.5. The number of aliphatic carboxylic acids is 1. The smallest absolute Gasteiger partial charge is 0.325 e. The number of carbonyl (C=O) groups is 2. The molecule has 0 aliphatic heterocycles. The molecule has 2 N–H and O–H groups in total. The van der Waals surface area contributed by atoms with Crippen LogP contribution in [0.5, 0.6) is 0 Å². The van der Waals surface area contributed by atoms with E-state index in [1.165, 1.54) is 23.8 Å². The van der Waals surface area contributed by atoms with Crippen LogP contribution >= 0.6 is 11.6 Å². The van der Waals surface area contributed by atoms with Gasteiger partial charge in [-0.3, -0.25) is 14.3 Å². The van der Waals surface area contributed by atoms with Crippen LogP contribution in [-0.2, 0) is 16.6 Å². The predicted molar refractivity (Wildman–Crippen MR) is 67.2 cm³/mol. The van der Waals surface area contributed by atoms with Crippen molar-refractivity contribution in [3.8, 4) is 0 Å². The molecule has 0 spiro atoms. The van der Waals surface area contributed by atoms with Crippen molar-refractivity contribution < 1.29 is 14.7 Å². The molecular weight excluding hydrogens is 258 g/mol. The lowest BCUT2D eigenvalue weighted by Gasteiger charge is -2.05. The number of hydrogen-bond acceptors (Lipinski definition) is 3. The highest BCUT2D eigenvalue weighted by Crippen LogP contribution is 2.19. The van der Waals surface area contributed by atoms with Gasteiger partial charge in [-0.25, -0.2) is 0 Å². The predicted octanol–water partition coefficient (Wildman–Crippen LogP) is 0.984. The highest BCUT2D eigenvalue weighted by molar-refractivity contribution is 6.31. The van der Waals surface area contributed by atoms with Crippen molar-refractivity contribution in [2.45, 2.75) is 19.9 Å². The van der Waals surface area contributed by atoms with Crippen LogP contribution in [0, 0.1) is 6.92 Å². The Kier molecular flexibility index (Phi) is 4.49. The van der Waals surface area contributed by atoms with Crippen molar-refractivity contribution in [3.63, 3.8) is 0 Å². The lowest BCUT2D eigenvalue weighted by Crippen LogP contribution is -2.37. The van der Waals surface area contributed by atoms with Crippen LogP contribution in [0.15, 0.2) is 6.08 Å². The van der Waals surface area contributed by atoms with E-state index < -0.39 is 17.9 Å². The van der Waals surface area contributed by atoms with Crippen LogP contribution in [-0.4, -0.2) is 32.8 Å². The number of carboxylic acid groups (broad SMARTS) is 1. The SMILES string of the molecule is Cc1nn(C)c(Cl)c1/C=C/C(=O)N[C@@H](C)C(=O)O. The number of carbonyl (C=O) groups excluding carboxylic acids is 1. The van der Waals surface area contributed by atoms with E-state index in [1.807, 2.05) is 0 Å². The number of nitrogens with one attached hydrogen (secondary N) is 1. The summed E-state index contributed by atoms with van der Waals surface area (Å²) in [5.74, 6) is -1.59. The summed E-state index contributed by atoms with van der Waals surface area (Å²) in [6.45, 7) is 3.15. The summed E-state index contributed by atoms with van der Waals surface area (Å²) in [6.07, 6.45) is 2.74. The monoisotopic (exact) mass is 271 g/mol. The molecule has 0 radical (unpaired) electrons. The number of carboxylic acids is 1. The van der Waals surface area contributed by atoms with Crippen LogP contribution in [0.4, 0.5) is 0 Å². The minimum Gasteiger partial charge on any atom is -0.480 e. The summed E-state index contributed by atoms with van der Waals surface area (Å²) in [7, 11) is 1.69. The Morgan fingerprint density at radius 2 is 2.17 bits per heavy atom. The molecule has 0 saturated heterocycles. The molecule has 1 rings (SSSR count). The van der Waals surface area contributed by atoms with Crippen molar-refractivity contribution in [1.82, 2.24) is 15.1 Å². The molecule has 1 amide bonds. The van der Waals surface area contributed by atoms with Crippen LogP contribution in [0.3, 0.4) is 0 Å². The van der Waals surface area contributed by atoms with Gasteiger partial charge in [-0.2, -0.15) is 5.10 Å². The van der Waals surface area contributed by atoms with Crippen molar-refractivity contribution in [3.05, 3.63) is 22.5 Å². The van der Waals surface area contributed by atoms with E-state index in [-0.39, 0.29) is 0 Å². The normalized spacial score (nSPS) is 12.7. The number of amides is 1. The van der Waals surface area contributed by atoms with Crippen LogP contribution in [0.1, 0.15) is 18.2 Å². The molecule has 0 aromatic carbocycles. The fourth-order valence-electron chi connectivity index (χ4n) is 1.32. The summed E-state index contributed by atoms with van der Waals surface area (Å²) in [6, 6.07) is -0.937. The lowest BCUT2D eigenvalue weighted by atomic mass is 10.2. The molecule has 0 saturated carbocycles. The van der Waals surface area contributed by atoms with Crippen LogP contribution in [0.25, 0.3) is 6.08 Å². The van der Waals surface area contributed by atoms with Gasteiger partial charge in [0.25, 0.3) is 0 Å². The molecule has 98 valence electrons. The zero-order valence-electron chi connectivity index (χ0n) is 10.3. The summed E-state index contributed by atoms with van der Waals surface area (Å²) in [5.41, 5.74) is 1.33. The molecular formula is C11H14ClN3O3. The number of aryl methyl sites for hydroxylation is 2. The second-order valence-electron chi connectivity index (χ2n) is 3.82. The molecule has 0 unspecified atom stereocenters. The second kappa shape index (κ2) is 5.68. The number of halogens is 1. The molecule has 1 aromatic heterocycles. The molecule has 6 nitrogen and oxygen atoms in total. The molecule has 1 atom stereocenters. The summed E-state index contributed by atoms with van der Waals surface area (Å²) in [4.78, 5) is 22.0. The molecule has 1 aromatic rings. The lowest BCUT2D eigenvalue weighted by molar-refractivity contribution is -0.140. The first-order valence-electron chi connectivity index (χ1n) is 5.23. The maximum absolute atomic E-state index is 11.4. The Bertz CT molecular complexity index is 508. The zero-order valence-corrected chi connectivity index (χ0v) is 11.0. The van der Waals surface area contributed by atoms with Gasteiger partial charge < -0.3 is 10.4 Å². The largest absolute Gasteiger partial charge is 0.480 e. The van der Waals surface area contributed by atoms with Gasteiger partial charge in [-0.1, -0.05) is 11.6 Å². The van der Waals surface area contributed by atoms with E-state index in [0.29, 0.717) is 16.4 Å². The topological polar surface area (TPSA) is 84.2 Å². The quantitative estimate of drug-likeness (QED) is 0.800. The van der Waals surface area contributed by atoms with Crippen LogP contribution < -0.4 is 5.32 Å². The second-order valence-corrected chi connectivity index (χ2v) is 4.17. The summed E-state index contributed by atoms with van der Waals surface area (Å²) >= 11 is 5.98. The minimum atomic E-state index is -1.09. The Hall–Kier alpha value is -1.82. The number of hydrogen-bond donors (Lipinski definition) is 2. The Morgan fingerprint density at radius 3 is 2.61 bits per heavy atom. The first-order valence-corrected chi connectivity index (χ1v) is 5.61. The van der Waals surface area contributed by atoms with E-state index in [2.05, 4.69) is 10.4 Å². The van der Waals surface area contributed by atoms with Gasteiger partial charge in [0.15, 0.2) is 0 Å². The van der Waals surface area contributed by atoms with E-state index in [9.17, 15) is 9.59 Å². The molecule has 0 bridgehead atoms. The number of aromatic nitrogens is 2. The molecule has 0 fully saturated rings. The van der Waals surface area contributed by atoms with E-state index in [0.717, 1.165) is 0 Å². The van der Waals surface area contributed by atoms with E-state index in [4.69, 9.17) is 16.7 Å². The third-order valence-corrected chi connectivity index (χ3v) is 2.77. The van der Waals surface area contributed by atoms with Gasteiger partial charge in [-0.05, 0) is 19.9 Å². The van der Waals surface area contributed by atoms with Crippen molar-refractivity contribution >= 4 is 29.6 Å². The third kappa shape index (κ3) is 3.33. The summed E-state index contributed by atoms with van der Waals surface area (Å²) in [5, 5.41) is 15.4. The Balaban J connectivity index is 2.75. The summed E-state index contributed by atoms with van der Waals surface area (Å²) < 4.78 is 1.49. The first kappa shape index (κ1) is 14.2. The number of rotatable bonds is 4. The van der Waals surface area contributed by atoms with Crippen LogP contribution in [0.2, 0.25) is 5.15 Å². The van der Waals surface area contributed by atoms with Gasteiger partial charge in [0.1, 0.15) is 11.2 Å².